The molecule has 0 radical (unpaired) electrons. The van der Waals surface area contributed by atoms with Gasteiger partial charge in [-0.1, -0.05) is 48.0 Å². The van der Waals surface area contributed by atoms with Crippen molar-refractivity contribution in [2.24, 2.45) is 0 Å². The minimum atomic E-state index is 0.0205. The number of hydrogen-bond donors (Lipinski definition) is 1. The lowest BCUT2D eigenvalue weighted by Gasteiger charge is -2.22. The zero-order valence-electron chi connectivity index (χ0n) is 15.9. The van der Waals surface area contributed by atoms with Crippen LogP contribution in [0.25, 0.3) is 11.4 Å². The molecular weight excluding hydrogens is 356 g/mol. The SMILES string of the molecule is CCN(Cc1ccccc1C)C(=O)Cn1c(-c2cccc(C)c2)n[nH]c1=S. The number of H-pyrrole nitrogens is 1. The molecule has 0 aliphatic heterocycles. The van der Waals surface area contributed by atoms with Crippen molar-refractivity contribution in [3.63, 3.8) is 0 Å². The topological polar surface area (TPSA) is 53.9 Å². The van der Waals surface area contributed by atoms with E-state index in [1.54, 1.807) is 4.57 Å². The minimum absolute atomic E-state index is 0.0205. The van der Waals surface area contributed by atoms with Gasteiger partial charge in [0.15, 0.2) is 10.6 Å². The molecule has 1 amide bonds. The second-order valence-electron chi connectivity index (χ2n) is 6.64. The summed E-state index contributed by atoms with van der Waals surface area (Å²) in [6.45, 7) is 7.48. The Morgan fingerprint density at radius 3 is 2.67 bits per heavy atom. The molecular formula is C21H24N4OS. The second-order valence-corrected chi connectivity index (χ2v) is 7.03. The standard InChI is InChI=1S/C21H24N4OS/c1-4-24(13-18-10-6-5-9-16(18)3)19(26)14-25-20(22-23-21(25)27)17-11-7-8-15(2)12-17/h5-12H,4,13-14H2,1-3H3,(H,23,27). The summed E-state index contributed by atoms with van der Waals surface area (Å²) in [4.78, 5) is 14.8. The Kier molecular flexibility index (Phi) is 5.86. The number of carbonyl (C=O) groups excluding carboxylic acids is 1. The lowest BCUT2D eigenvalue weighted by Crippen LogP contribution is -2.33. The number of likely N-dealkylation sites (N-methyl/N-ethyl adjacent to an activating group) is 1. The van der Waals surface area contributed by atoms with Crippen molar-refractivity contribution < 1.29 is 4.79 Å². The van der Waals surface area contributed by atoms with E-state index in [9.17, 15) is 4.79 Å². The van der Waals surface area contributed by atoms with Crippen molar-refractivity contribution in [2.45, 2.75) is 33.9 Å². The molecule has 6 heteroatoms. The van der Waals surface area contributed by atoms with Gasteiger partial charge in [0, 0.05) is 18.7 Å². The van der Waals surface area contributed by atoms with Gasteiger partial charge in [-0.15, -0.1) is 0 Å². The Labute approximate surface area is 164 Å². The molecule has 3 aromatic rings. The first-order valence-electron chi connectivity index (χ1n) is 9.04. The molecule has 0 fully saturated rings. The number of aromatic amines is 1. The average molecular weight is 381 g/mol. The summed E-state index contributed by atoms with van der Waals surface area (Å²) in [6.07, 6.45) is 0. The predicted molar refractivity (Wildman–Crippen MR) is 110 cm³/mol. The normalized spacial score (nSPS) is 10.8. The van der Waals surface area contributed by atoms with Crippen LogP contribution in [0.2, 0.25) is 0 Å². The third-order valence-electron chi connectivity index (χ3n) is 4.68. The van der Waals surface area contributed by atoms with Crippen molar-refractivity contribution >= 4 is 18.1 Å². The molecule has 1 N–H and O–H groups in total. The van der Waals surface area contributed by atoms with Crippen LogP contribution in [0.3, 0.4) is 0 Å². The average Bonchev–Trinajstić information content (AvgIpc) is 3.01. The molecule has 0 atom stereocenters. The summed E-state index contributed by atoms with van der Waals surface area (Å²) in [7, 11) is 0. The largest absolute Gasteiger partial charge is 0.337 e. The number of amides is 1. The maximum atomic E-state index is 13.0. The third kappa shape index (κ3) is 4.34. The van der Waals surface area contributed by atoms with Gasteiger partial charge in [-0.3, -0.25) is 14.5 Å². The highest BCUT2D eigenvalue weighted by Crippen LogP contribution is 2.19. The van der Waals surface area contributed by atoms with Gasteiger partial charge in [0.1, 0.15) is 6.54 Å². The van der Waals surface area contributed by atoms with E-state index >= 15 is 0 Å². The first kappa shape index (κ1) is 19.0. The van der Waals surface area contributed by atoms with E-state index in [1.165, 1.54) is 5.56 Å². The quantitative estimate of drug-likeness (QED) is 0.650. The highest BCUT2D eigenvalue weighted by Gasteiger charge is 2.17. The van der Waals surface area contributed by atoms with E-state index in [0.29, 0.717) is 23.7 Å². The van der Waals surface area contributed by atoms with E-state index < -0.39 is 0 Å². The number of aromatic nitrogens is 3. The lowest BCUT2D eigenvalue weighted by molar-refractivity contribution is -0.132. The number of carbonyl (C=O) groups is 1. The monoisotopic (exact) mass is 380 g/mol. The first-order valence-corrected chi connectivity index (χ1v) is 9.45. The maximum absolute atomic E-state index is 13.0. The fourth-order valence-corrected chi connectivity index (χ4v) is 3.27. The summed E-state index contributed by atoms with van der Waals surface area (Å²) in [5.41, 5.74) is 4.41. The molecule has 0 aliphatic carbocycles. The van der Waals surface area contributed by atoms with Crippen LogP contribution in [0.15, 0.2) is 48.5 Å². The smallest absolute Gasteiger partial charge is 0.242 e. The Morgan fingerprint density at radius 2 is 1.96 bits per heavy atom. The lowest BCUT2D eigenvalue weighted by atomic mass is 10.1. The van der Waals surface area contributed by atoms with Crippen LogP contribution in [0.5, 0.6) is 0 Å². The maximum Gasteiger partial charge on any atom is 0.242 e. The van der Waals surface area contributed by atoms with Crippen LogP contribution in [0.1, 0.15) is 23.6 Å². The molecule has 27 heavy (non-hydrogen) atoms. The Hall–Kier alpha value is -2.73. The van der Waals surface area contributed by atoms with Gasteiger partial charge in [-0.05, 0) is 50.2 Å². The molecule has 0 saturated carbocycles. The number of aryl methyl sites for hydroxylation is 2. The highest BCUT2D eigenvalue weighted by atomic mass is 32.1. The van der Waals surface area contributed by atoms with E-state index in [2.05, 4.69) is 29.3 Å². The van der Waals surface area contributed by atoms with Gasteiger partial charge in [-0.25, -0.2) is 0 Å². The van der Waals surface area contributed by atoms with Gasteiger partial charge in [0.25, 0.3) is 0 Å². The molecule has 0 spiro atoms. The van der Waals surface area contributed by atoms with Crippen LogP contribution in [0.4, 0.5) is 0 Å². The van der Waals surface area contributed by atoms with Crippen LogP contribution >= 0.6 is 12.2 Å². The molecule has 3 rings (SSSR count). The fraction of sp³-hybridized carbons (Fsp3) is 0.286. The zero-order chi connectivity index (χ0) is 19.4. The number of nitrogens with one attached hydrogen (secondary N) is 1. The van der Waals surface area contributed by atoms with Crippen molar-refractivity contribution in [2.75, 3.05) is 6.54 Å². The fourth-order valence-electron chi connectivity index (χ4n) is 3.07. The van der Waals surface area contributed by atoms with Crippen molar-refractivity contribution in [3.8, 4) is 11.4 Å². The molecule has 1 aromatic heterocycles. The number of benzene rings is 2. The summed E-state index contributed by atoms with van der Waals surface area (Å²) in [5.74, 6) is 0.705. The summed E-state index contributed by atoms with van der Waals surface area (Å²) in [5, 5.41) is 7.16. The highest BCUT2D eigenvalue weighted by molar-refractivity contribution is 7.71. The van der Waals surface area contributed by atoms with Gasteiger partial charge in [0.2, 0.25) is 5.91 Å². The number of nitrogens with zero attached hydrogens (tertiary/aromatic N) is 3. The molecule has 1 heterocycles. The summed E-state index contributed by atoms with van der Waals surface area (Å²) in [6, 6.07) is 16.2. The van der Waals surface area contributed by atoms with Crippen LogP contribution in [-0.2, 0) is 17.9 Å². The van der Waals surface area contributed by atoms with Crippen LogP contribution in [0, 0.1) is 18.6 Å². The number of rotatable bonds is 6. The van der Waals surface area contributed by atoms with Crippen molar-refractivity contribution in [1.82, 2.24) is 19.7 Å². The van der Waals surface area contributed by atoms with Crippen molar-refractivity contribution in [1.29, 1.82) is 0 Å². The molecule has 0 saturated heterocycles. The summed E-state index contributed by atoms with van der Waals surface area (Å²) < 4.78 is 2.22. The first-order chi connectivity index (χ1) is 13.0. The van der Waals surface area contributed by atoms with Crippen molar-refractivity contribution in [3.05, 3.63) is 70.0 Å². The van der Waals surface area contributed by atoms with Gasteiger partial charge < -0.3 is 4.90 Å². The summed E-state index contributed by atoms with van der Waals surface area (Å²) >= 11 is 5.37. The Balaban J connectivity index is 1.84. The number of hydrogen-bond acceptors (Lipinski definition) is 3. The minimum Gasteiger partial charge on any atom is -0.337 e. The van der Waals surface area contributed by atoms with Crippen LogP contribution in [-0.4, -0.2) is 32.1 Å². The van der Waals surface area contributed by atoms with Gasteiger partial charge in [0.05, 0.1) is 0 Å². The molecule has 5 nitrogen and oxygen atoms in total. The van der Waals surface area contributed by atoms with Gasteiger partial charge >= 0.3 is 0 Å². The molecule has 2 aromatic carbocycles. The molecule has 0 bridgehead atoms. The van der Waals surface area contributed by atoms with Crippen LogP contribution < -0.4 is 0 Å². The van der Waals surface area contributed by atoms with E-state index in [4.69, 9.17) is 12.2 Å². The third-order valence-corrected chi connectivity index (χ3v) is 5.00. The van der Waals surface area contributed by atoms with E-state index in [1.807, 2.05) is 55.1 Å². The van der Waals surface area contributed by atoms with E-state index in [-0.39, 0.29) is 12.5 Å². The Morgan fingerprint density at radius 1 is 1.19 bits per heavy atom. The van der Waals surface area contributed by atoms with Gasteiger partial charge in [-0.2, -0.15) is 5.10 Å². The molecule has 140 valence electrons. The van der Waals surface area contributed by atoms with E-state index in [0.717, 1.165) is 16.7 Å². The molecule has 0 aliphatic rings. The molecule has 0 unspecified atom stereocenters. The second kappa shape index (κ2) is 8.31. The zero-order valence-corrected chi connectivity index (χ0v) is 16.7. The Bertz CT molecular complexity index is 1010. The predicted octanol–water partition coefficient (Wildman–Crippen LogP) is 4.27.